The second kappa shape index (κ2) is 10.8. The van der Waals surface area contributed by atoms with Crippen molar-refractivity contribution in [3.05, 3.63) is 90.4 Å². The third-order valence-electron chi connectivity index (χ3n) is 6.64. The molecule has 3 heterocycles. The van der Waals surface area contributed by atoms with Crippen LogP contribution in [0, 0.1) is 0 Å². The Balaban J connectivity index is 1.59. The Kier molecular flexibility index (Phi) is 7.42. The van der Waals surface area contributed by atoms with Crippen molar-refractivity contribution in [3.8, 4) is 11.1 Å². The van der Waals surface area contributed by atoms with Crippen LogP contribution in [-0.4, -0.2) is 68.7 Å². The van der Waals surface area contributed by atoms with E-state index in [0.29, 0.717) is 22.2 Å². The van der Waals surface area contributed by atoms with Gasteiger partial charge in [-0.15, -0.1) is 11.8 Å². The lowest BCUT2D eigenvalue weighted by molar-refractivity contribution is 0.0173. The number of ether oxygens (including phenoxy) is 1. The number of fused-ring (bicyclic) bond motifs is 1. The predicted molar refractivity (Wildman–Crippen MR) is 157 cm³/mol. The Morgan fingerprint density at radius 1 is 1.00 bits per heavy atom. The third kappa shape index (κ3) is 5.34. The molecule has 2 aromatic heterocycles. The van der Waals surface area contributed by atoms with Gasteiger partial charge in [-0.1, -0.05) is 48.5 Å². The lowest BCUT2D eigenvalue weighted by atomic mass is 10.00. The molecule has 0 aliphatic carbocycles. The van der Waals surface area contributed by atoms with E-state index >= 15 is 0 Å². The van der Waals surface area contributed by atoms with Gasteiger partial charge in [0.15, 0.2) is 5.78 Å². The summed E-state index contributed by atoms with van der Waals surface area (Å²) < 4.78 is 7.26. The molecule has 40 heavy (non-hydrogen) atoms. The van der Waals surface area contributed by atoms with Gasteiger partial charge in [0.05, 0.1) is 5.52 Å². The lowest BCUT2D eigenvalue weighted by Crippen LogP contribution is -2.45. The van der Waals surface area contributed by atoms with Crippen molar-refractivity contribution in [3.63, 3.8) is 0 Å². The Morgan fingerprint density at radius 3 is 2.40 bits per heavy atom. The third-order valence-corrected chi connectivity index (χ3v) is 7.97. The van der Waals surface area contributed by atoms with E-state index in [0.717, 1.165) is 16.7 Å². The molecule has 206 valence electrons. The minimum absolute atomic E-state index is 0.243. The van der Waals surface area contributed by atoms with Crippen LogP contribution in [0.25, 0.3) is 22.0 Å². The average Bonchev–Trinajstić information content (AvgIpc) is 3.54. The van der Waals surface area contributed by atoms with Gasteiger partial charge in [-0.2, -0.15) is 0 Å². The summed E-state index contributed by atoms with van der Waals surface area (Å²) in [7, 11) is 3.35. The molecule has 0 saturated carbocycles. The number of hydrogen-bond donors (Lipinski definition) is 0. The zero-order chi connectivity index (χ0) is 28.6. The highest BCUT2D eigenvalue weighted by Gasteiger charge is 2.45. The van der Waals surface area contributed by atoms with E-state index in [1.807, 2.05) is 60.7 Å². The van der Waals surface area contributed by atoms with Crippen LogP contribution in [0.2, 0.25) is 0 Å². The summed E-state index contributed by atoms with van der Waals surface area (Å²) in [6, 6.07) is 18.3. The summed E-state index contributed by atoms with van der Waals surface area (Å²) in [4.78, 5) is 48.2. The molecule has 2 atom stereocenters. The largest absolute Gasteiger partial charge is 0.444 e. The number of benzene rings is 2. The number of aromatic nitrogens is 2. The molecule has 2 aromatic carbocycles. The first-order chi connectivity index (χ1) is 19.0. The number of Topliss-reactive ketones (excluding diaryl/α,β-unsaturated/α-hetero) is 1. The molecule has 2 amide bonds. The maximum absolute atomic E-state index is 14.3. The van der Waals surface area contributed by atoms with Crippen molar-refractivity contribution in [2.24, 2.45) is 0 Å². The van der Waals surface area contributed by atoms with Crippen molar-refractivity contribution in [2.45, 2.75) is 37.8 Å². The second-order valence-electron chi connectivity index (χ2n) is 10.9. The molecule has 1 fully saturated rings. The number of carbonyl (C=O) groups excluding carboxylic acids is 3. The highest BCUT2D eigenvalue weighted by molar-refractivity contribution is 7.99. The number of amides is 2. The van der Waals surface area contributed by atoms with Crippen LogP contribution in [0.5, 0.6) is 0 Å². The zero-order valence-corrected chi connectivity index (χ0v) is 24.0. The second-order valence-corrected chi connectivity index (χ2v) is 12.0. The van der Waals surface area contributed by atoms with Crippen molar-refractivity contribution < 1.29 is 19.1 Å². The Hall–Kier alpha value is -4.11. The summed E-state index contributed by atoms with van der Waals surface area (Å²) in [5.74, 6) is 0.140. The molecular weight excluding hydrogens is 524 g/mol. The van der Waals surface area contributed by atoms with Crippen LogP contribution < -0.4 is 0 Å². The molecule has 0 N–H and O–H groups in total. The van der Waals surface area contributed by atoms with E-state index < -0.39 is 23.1 Å². The molecule has 0 radical (unpaired) electrons. The van der Waals surface area contributed by atoms with Gasteiger partial charge in [0, 0.05) is 55.0 Å². The van der Waals surface area contributed by atoms with Crippen molar-refractivity contribution in [1.29, 1.82) is 0 Å². The topological polar surface area (TPSA) is 84.7 Å². The molecule has 5 rings (SSSR count). The van der Waals surface area contributed by atoms with Gasteiger partial charge in [-0.3, -0.25) is 19.2 Å². The van der Waals surface area contributed by atoms with E-state index in [1.54, 1.807) is 53.5 Å². The standard InChI is InChI=1S/C31H32N4O4S/c1-31(2,3)39-30(38)35-26(19-40-28(35)22-12-9-15-32-17-22)27(36)24-18-34(29(37)33(4)5)25-16-21(13-14-23(24)25)20-10-7-6-8-11-20/h6-18,26,28H,19H2,1-5H3/t26-,28?/m0/s1. The van der Waals surface area contributed by atoms with Gasteiger partial charge in [-0.25, -0.2) is 9.59 Å². The van der Waals surface area contributed by atoms with Gasteiger partial charge >= 0.3 is 12.1 Å². The van der Waals surface area contributed by atoms with E-state index in [2.05, 4.69) is 4.98 Å². The van der Waals surface area contributed by atoms with Crippen LogP contribution in [-0.2, 0) is 4.74 Å². The highest BCUT2D eigenvalue weighted by Crippen LogP contribution is 2.43. The molecule has 1 saturated heterocycles. The van der Waals surface area contributed by atoms with Crippen LogP contribution in [0.15, 0.2) is 79.3 Å². The first-order valence-corrected chi connectivity index (χ1v) is 14.1. The van der Waals surface area contributed by atoms with Gasteiger partial charge in [-0.05, 0) is 44.0 Å². The maximum Gasteiger partial charge on any atom is 0.412 e. The molecule has 0 bridgehead atoms. The number of rotatable bonds is 4. The molecule has 4 aromatic rings. The lowest BCUT2D eigenvalue weighted by Gasteiger charge is -2.31. The molecule has 1 unspecified atom stereocenters. The summed E-state index contributed by atoms with van der Waals surface area (Å²) in [6.45, 7) is 5.40. The van der Waals surface area contributed by atoms with Crippen LogP contribution >= 0.6 is 11.8 Å². The molecular formula is C31H32N4O4S. The van der Waals surface area contributed by atoms with E-state index in [4.69, 9.17) is 4.74 Å². The van der Waals surface area contributed by atoms with Crippen LogP contribution in [0.3, 0.4) is 0 Å². The summed E-state index contributed by atoms with van der Waals surface area (Å²) >= 11 is 1.49. The normalized spacial score (nSPS) is 17.2. The highest BCUT2D eigenvalue weighted by atomic mass is 32.2. The maximum atomic E-state index is 14.3. The minimum atomic E-state index is -0.785. The van der Waals surface area contributed by atoms with Crippen molar-refractivity contribution in [1.82, 2.24) is 19.4 Å². The number of hydrogen-bond acceptors (Lipinski definition) is 6. The van der Waals surface area contributed by atoms with Crippen LogP contribution in [0.1, 0.15) is 42.1 Å². The van der Waals surface area contributed by atoms with Gasteiger partial charge in [0.2, 0.25) is 0 Å². The first kappa shape index (κ1) is 27.5. The minimum Gasteiger partial charge on any atom is -0.444 e. The predicted octanol–water partition coefficient (Wildman–Crippen LogP) is 6.47. The summed E-state index contributed by atoms with van der Waals surface area (Å²) in [6.07, 6.45) is 4.40. The van der Waals surface area contributed by atoms with Crippen molar-refractivity contribution in [2.75, 3.05) is 19.8 Å². The Morgan fingerprint density at radius 2 is 1.75 bits per heavy atom. The van der Waals surface area contributed by atoms with Gasteiger partial charge < -0.3 is 9.64 Å². The monoisotopic (exact) mass is 556 g/mol. The average molecular weight is 557 g/mol. The molecule has 1 aliphatic heterocycles. The fourth-order valence-corrected chi connectivity index (χ4v) is 6.21. The number of pyridine rings is 1. The summed E-state index contributed by atoms with van der Waals surface area (Å²) in [5.41, 5.74) is 3.02. The van der Waals surface area contributed by atoms with E-state index in [1.165, 1.54) is 26.1 Å². The van der Waals surface area contributed by atoms with Crippen molar-refractivity contribution >= 4 is 40.6 Å². The number of ketones is 1. The number of nitrogens with zero attached hydrogens (tertiary/aromatic N) is 4. The smallest absolute Gasteiger partial charge is 0.412 e. The fraction of sp³-hybridized carbons (Fsp3) is 0.290. The Bertz CT molecular complexity index is 1560. The fourth-order valence-electron chi connectivity index (χ4n) is 4.81. The summed E-state index contributed by atoms with van der Waals surface area (Å²) in [5, 5.41) is 0.220. The Labute approximate surface area is 237 Å². The zero-order valence-electron chi connectivity index (χ0n) is 23.2. The number of thioether (sulfide) groups is 1. The first-order valence-electron chi connectivity index (χ1n) is 13.0. The molecule has 1 aliphatic rings. The molecule has 0 spiro atoms. The SMILES string of the molecule is CN(C)C(=O)n1cc(C(=O)[C@@H]2CSC(c3cccnc3)N2C(=O)OC(C)(C)C)c2ccc(-c3ccccc3)cc21. The number of carbonyl (C=O) groups is 3. The van der Waals surface area contributed by atoms with Crippen LogP contribution in [0.4, 0.5) is 9.59 Å². The van der Waals surface area contributed by atoms with E-state index in [-0.39, 0.29) is 11.8 Å². The quantitative estimate of drug-likeness (QED) is 0.268. The van der Waals surface area contributed by atoms with Gasteiger partial charge in [0.25, 0.3) is 0 Å². The van der Waals surface area contributed by atoms with Gasteiger partial charge in [0.1, 0.15) is 17.0 Å². The molecule has 8 nitrogen and oxygen atoms in total. The van der Waals surface area contributed by atoms with E-state index in [9.17, 15) is 14.4 Å². The molecule has 9 heteroatoms.